The molecule has 0 radical (unpaired) electrons. The number of unbranched alkanes of at least 4 members (excludes halogenated alkanes) is 43. The van der Waals surface area contributed by atoms with Crippen LogP contribution in [0.2, 0.25) is 0 Å². The molecule has 1 amide bonds. The van der Waals surface area contributed by atoms with Crippen LogP contribution in [0.15, 0.2) is 48.6 Å². The number of aliphatic hydroxyl groups excluding tert-OH is 11. The summed E-state index contributed by atoms with van der Waals surface area (Å²) in [7, 11) is 0. The molecule has 100 heavy (non-hydrogen) atoms. The normalized spacial score (nSPS) is 26.7. The summed E-state index contributed by atoms with van der Waals surface area (Å²) < 4.78 is 34.4. The molecule has 3 aliphatic heterocycles. The zero-order chi connectivity index (χ0) is 72.5. The molecule has 12 N–H and O–H groups in total. The van der Waals surface area contributed by atoms with Gasteiger partial charge in [-0.05, 0) is 64.2 Å². The first-order valence-electron chi connectivity index (χ1n) is 40.9. The highest BCUT2D eigenvalue weighted by Crippen LogP contribution is 2.33. The van der Waals surface area contributed by atoms with Gasteiger partial charge in [-0.2, -0.15) is 0 Å². The molecule has 3 fully saturated rings. The van der Waals surface area contributed by atoms with Gasteiger partial charge < -0.3 is 89.9 Å². The second-order valence-corrected chi connectivity index (χ2v) is 29.2. The number of hydrogen-bond donors (Lipinski definition) is 12. The van der Waals surface area contributed by atoms with Crippen molar-refractivity contribution in [3.63, 3.8) is 0 Å². The van der Waals surface area contributed by atoms with Gasteiger partial charge in [-0.15, -0.1) is 0 Å². The van der Waals surface area contributed by atoms with Crippen LogP contribution in [0.4, 0.5) is 0 Å². The molecular formula is C81H149NO18. The van der Waals surface area contributed by atoms with E-state index in [1.807, 2.05) is 6.08 Å². The molecule has 0 aliphatic carbocycles. The molecule has 0 aromatic heterocycles. The molecule has 0 aromatic rings. The summed E-state index contributed by atoms with van der Waals surface area (Å²) >= 11 is 0. The van der Waals surface area contributed by atoms with E-state index in [9.17, 15) is 61.0 Å². The van der Waals surface area contributed by atoms with Gasteiger partial charge in [-0.25, -0.2) is 0 Å². The van der Waals surface area contributed by atoms with Crippen LogP contribution in [-0.2, 0) is 33.2 Å². The van der Waals surface area contributed by atoms with E-state index >= 15 is 0 Å². The van der Waals surface area contributed by atoms with Crippen LogP contribution in [0.1, 0.15) is 328 Å². The Morgan fingerprint density at radius 2 is 0.670 bits per heavy atom. The Hall–Kier alpha value is -2.25. The highest BCUT2D eigenvalue weighted by Gasteiger charge is 2.54. The molecule has 19 nitrogen and oxygen atoms in total. The van der Waals surface area contributed by atoms with Crippen LogP contribution in [0.5, 0.6) is 0 Å². The molecule has 3 saturated heterocycles. The van der Waals surface area contributed by atoms with E-state index < -0.39 is 124 Å². The Morgan fingerprint density at radius 1 is 0.360 bits per heavy atom. The highest BCUT2D eigenvalue weighted by atomic mass is 16.8. The number of carbonyl (C=O) groups is 1. The lowest BCUT2D eigenvalue weighted by molar-refractivity contribution is -0.379. The Labute approximate surface area is 605 Å². The highest BCUT2D eigenvalue weighted by molar-refractivity contribution is 5.76. The van der Waals surface area contributed by atoms with Crippen molar-refractivity contribution in [2.24, 2.45) is 0 Å². The van der Waals surface area contributed by atoms with Crippen LogP contribution >= 0.6 is 0 Å². The van der Waals surface area contributed by atoms with Gasteiger partial charge in [-0.1, -0.05) is 306 Å². The van der Waals surface area contributed by atoms with E-state index in [1.54, 1.807) is 6.08 Å². The van der Waals surface area contributed by atoms with E-state index in [0.717, 1.165) is 44.9 Å². The molecule has 3 rings (SSSR count). The Bertz CT molecular complexity index is 1990. The summed E-state index contributed by atoms with van der Waals surface area (Å²) in [6.07, 6.45) is 51.2. The maximum Gasteiger partial charge on any atom is 0.220 e. The molecule has 3 aliphatic rings. The van der Waals surface area contributed by atoms with Crippen molar-refractivity contribution in [2.45, 2.75) is 433 Å². The van der Waals surface area contributed by atoms with Gasteiger partial charge >= 0.3 is 0 Å². The molecule has 586 valence electrons. The standard InChI is InChI=1S/C81H149NO18/c1-3-5-7-9-11-13-15-17-19-21-23-24-25-26-27-28-29-30-31-32-33-34-35-36-37-38-39-40-41-43-45-47-49-51-53-55-57-59-69(87)82-64(65(86)58-56-54-52-50-48-46-44-42-22-20-18-16-14-12-10-8-6-4-2)63-95-79-75(93)72(90)77(67(61-84)97-79)100-81-76(94)73(91)78(68(62-85)98-81)99-80-74(92)71(89)70(88)66(60-83)96-80/h15,17,21,23,48,50,56,58,64-68,70-81,83-86,88-94H,3-14,16,18-20,22,24-47,49,51-55,57,59-63H2,1-2H3,(H,82,87)/b17-15-,23-21-,50-48+,58-56+. The molecule has 0 saturated carbocycles. The second kappa shape index (κ2) is 61.9. The maximum atomic E-state index is 13.5. The Balaban J connectivity index is 1.32. The van der Waals surface area contributed by atoms with E-state index in [0.29, 0.717) is 12.8 Å². The quantitative estimate of drug-likeness (QED) is 0.0199. The zero-order valence-electron chi connectivity index (χ0n) is 62.7. The molecule has 0 spiro atoms. The molecular weight excluding hydrogens is 1270 g/mol. The van der Waals surface area contributed by atoms with Gasteiger partial charge in [0.05, 0.1) is 38.6 Å². The number of aliphatic hydroxyl groups is 11. The minimum absolute atomic E-state index is 0.239. The molecule has 3 heterocycles. The van der Waals surface area contributed by atoms with Gasteiger partial charge in [0.15, 0.2) is 18.9 Å². The zero-order valence-corrected chi connectivity index (χ0v) is 62.7. The van der Waals surface area contributed by atoms with Gasteiger partial charge in [0.2, 0.25) is 5.91 Å². The van der Waals surface area contributed by atoms with Crippen molar-refractivity contribution in [3.05, 3.63) is 48.6 Å². The van der Waals surface area contributed by atoms with Crippen molar-refractivity contribution < 1.29 is 89.4 Å². The lowest BCUT2D eigenvalue weighted by Crippen LogP contribution is -2.66. The fraction of sp³-hybridized carbons (Fsp3) is 0.889. The van der Waals surface area contributed by atoms with Gasteiger partial charge in [0.1, 0.15) is 73.2 Å². The molecule has 0 aromatic carbocycles. The number of ether oxygens (including phenoxy) is 6. The third kappa shape index (κ3) is 41.6. The summed E-state index contributed by atoms with van der Waals surface area (Å²) in [5, 5.41) is 121. The SMILES string of the molecule is CCCCCCC/C=C\C/C=C\CCCCCCCCCCCCCCCCCCCCCCCCCCCC(=O)NC(COC1OC(CO)C(OC2OC(CO)C(OC3OC(CO)C(O)C(O)C3O)C(O)C2O)C(O)C1O)C(O)/C=C/CC/C=C/CCCCCCCCCCCCCC. The second-order valence-electron chi connectivity index (χ2n) is 29.2. The minimum Gasteiger partial charge on any atom is -0.394 e. The van der Waals surface area contributed by atoms with Crippen molar-refractivity contribution >= 4 is 5.91 Å². The maximum absolute atomic E-state index is 13.5. The van der Waals surface area contributed by atoms with Gasteiger partial charge in [0.25, 0.3) is 0 Å². The van der Waals surface area contributed by atoms with Crippen molar-refractivity contribution in [3.8, 4) is 0 Å². The third-order valence-electron chi connectivity index (χ3n) is 20.3. The summed E-state index contributed by atoms with van der Waals surface area (Å²) in [6.45, 7) is 1.74. The van der Waals surface area contributed by atoms with E-state index in [-0.39, 0.29) is 18.9 Å². The van der Waals surface area contributed by atoms with E-state index in [2.05, 4.69) is 55.6 Å². The molecule has 17 unspecified atom stereocenters. The van der Waals surface area contributed by atoms with Crippen molar-refractivity contribution in [1.82, 2.24) is 5.32 Å². The van der Waals surface area contributed by atoms with Gasteiger partial charge in [-0.3, -0.25) is 4.79 Å². The number of carbonyl (C=O) groups excluding carboxylic acids is 1. The number of nitrogens with one attached hydrogen (secondary N) is 1. The van der Waals surface area contributed by atoms with Crippen LogP contribution < -0.4 is 5.32 Å². The average Bonchev–Trinajstić information content (AvgIpc) is 0.783. The topological polar surface area (TPSA) is 307 Å². The Morgan fingerprint density at radius 3 is 1.06 bits per heavy atom. The molecule has 17 atom stereocenters. The summed E-state index contributed by atoms with van der Waals surface area (Å²) in [5.74, 6) is -0.280. The van der Waals surface area contributed by atoms with E-state index in [1.165, 1.54) is 250 Å². The summed E-state index contributed by atoms with van der Waals surface area (Å²) in [5.41, 5.74) is 0. The monoisotopic (exact) mass is 1420 g/mol. The number of allylic oxidation sites excluding steroid dienone is 7. The first-order valence-corrected chi connectivity index (χ1v) is 40.9. The first kappa shape index (κ1) is 92.0. The fourth-order valence-corrected chi connectivity index (χ4v) is 13.8. The third-order valence-corrected chi connectivity index (χ3v) is 20.3. The van der Waals surface area contributed by atoms with Crippen LogP contribution in [-0.4, -0.2) is 193 Å². The fourth-order valence-electron chi connectivity index (χ4n) is 13.8. The lowest BCUT2D eigenvalue weighted by Gasteiger charge is -2.48. The van der Waals surface area contributed by atoms with Crippen LogP contribution in [0.25, 0.3) is 0 Å². The Kier molecular flexibility index (Phi) is 56.9. The van der Waals surface area contributed by atoms with Crippen molar-refractivity contribution in [1.29, 1.82) is 0 Å². The minimum atomic E-state index is -1.98. The predicted octanol–water partition coefficient (Wildman–Crippen LogP) is 13.7. The summed E-state index contributed by atoms with van der Waals surface area (Å²) in [6, 6.07) is -0.990. The van der Waals surface area contributed by atoms with Gasteiger partial charge in [0, 0.05) is 6.42 Å². The van der Waals surface area contributed by atoms with E-state index in [4.69, 9.17) is 28.4 Å². The first-order chi connectivity index (χ1) is 48.8. The number of rotatable bonds is 65. The average molecular weight is 1430 g/mol. The molecule has 19 heteroatoms. The van der Waals surface area contributed by atoms with Crippen LogP contribution in [0, 0.1) is 0 Å². The van der Waals surface area contributed by atoms with Crippen LogP contribution in [0.3, 0.4) is 0 Å². The predicted molar refractivity (Wildman–Crippen MR) is 397 cm³/mol. The van der Waals surface area contributed by atoms with Crippen molar-refractivity contribution in [2.75, 3.05) is 26.4 Å². The summed E-state index contributed by atoms with van der Waals surface area (Å²) in [4.78, 5) is 13.5. The smallest absolute Gasteiger partial charge is 0.220 e. The largest absolute Gasteiger partial charge is 0.394 e. The number of amides is 1. The number of hydrogen-bond acceptors (Lipinski definition) is 18. The lowest BCUT2D eigenvalue weighted by atomic mass is 9.96. The molecule has 0 bridgehead atoms.